The molecule has 0 atom stereocenters. The molecule has 1 aliphatic carbocycles. The van der Waals surface area contributed by atoms with E-state index in [1.54, 1.807) is 12.1 Å². The van der Waals surface area contributed by atoms with E-state index in [0.29, 0.717) is 28.0 Å². The lowest BCUT2D eigenvalue weighted by atomic mass is 10.1. The van der Waals surface area contributed by atoms with Crippen LogP contribution in [0.1, 0.15) is 48.9 Å². The maximum Gasteiger partial charge on any atom is 0.250 e. The Balaban J connectivity index is 2.25. The van der Waals surface area contributed by atoms with Gasteiger partial charge in [0.2, 0.25) is 0 Å². The van der Waals surface area contributed by atoms with Gasteiger partial charge in [-0.05, 0) is 25.0 Å². The summed E-state index contributed by atoms with van der Waals surface area (Å²) in [6.45, 7) is 0. The van der Waals surface area contributed by atoms with Gasteiger partial charge in [-0.3, -0.25) is 4.79 Å². The fourth-order valence-corrected chi connectivity index (χ4v) is 2.88. The predicted molar refractivity (Wildman–Crippen MR) is 79.5 cm³/mol. The summed E-state index contributed by atoms with van der Waals surface area (Å²) in [6.07, 6.45) is 7.15. The minimum atomic E-state index is -0.509. The highest BCUT2D eigenvalue weighted by molar-refractivity contribution is 6.34. The Morgan fingerprint density at radius 2 is 1.84 bits per heavy atom. The minimum absolute atomic E-state index is 0.349. The molecule has 19 heavy (non-hydrogen) atoms. The quantitative estimate of drug-likeness (QED) is 0.588. The molecule has 1 aliphatic rings. The van der Waals surface area contributed by atoms with Gasteiger partial charge in [0.05, 0.1) is 16.3 Å². The lowest BCUT2D eigenvalue weighted by Gasteiger charge is -2.20. The number of rotatable bonds is 3. The molecular weight excluding hydrogens is 262 g/mol. The van der Waals surface area contributed by atoms with E-state index in [4.69, 9.17) is 23.1 Å². The number of halogens is 1. The second kappa shape index (κ2) is 6.15. The molecule has 5 heteroatoms. The molecule has 0 spiro atoms. The first-order valence-electron chi connectivity index (χ1n) is 6.73. The Bertz CT molecular complexity index is 468. The van der Waals surface area contributed by atoms with Gasteiger partial charge in [-0.1, -0.05) is 37.3 Å². The Morgan fingerprint density at radius 1 is 1.21 bits per heavy atom. The molecule has 1 aromatic rings. The van der Waals surface area contributed by atoms with Crippen molar-refractivity contribution in [1.29, 1.82) is 0 Å². The standard InChI is InChI=1S/C14H20ClN3O/c15-12-8-9(16)7-11(14(17)19)13(12)18-10-5-3-1-2-4-6-10/h7-8,10,18H,1-6,16H2,(H2,17,19). The van der Waals surface area contributed by atoms with E-state index in [1.165, 1.54) is 25.7 Å². The molecule has 1 aromatic carbocycles. The molecule has 104 valence electrons. The molecule has 4 nitrogen and oxygen atoms in total. The van der Waals surface area contributed by atoms with E-state index in [0.717, 1.165) is 12.8 Å². The van der Waals surface area contributed by atoms with Gasteiger partial charge >= 0.3 is 0 Å². The van der Waals surface area contributed by atoms with Crippen molar-refractivity contribution in [2.45, 2.75) is 44.6 Å². The van der Waals surface area contributed by atoms with Crippen molar-refractivity contribution >= 4 is 28.9 Å². The predicted octanol–water partition coefficient (Wildman–Crippen LogP) is 3.16. The van der Waals surface area contributed by atoms with Gasteiger partial charge in [0.1, 0.15) is 0 Å². The topological polar surface area (TPSA) is 81.1 Å². The highest BCUT2D eigenvalue weighted by atomic mass is 35.5. The first-order valence-corrected chi connectivity index (χ1v) is 7.11. The monoisotopic (exact) mass is 281 g/mol. The molecule has 0 bridgehead atoms. The largest absolute Gasteiger partial charge is 0.399 e. The van der Waals surface area contributed by atoms with Gasteiger partial charge in [0.25, 0.3) is 5.91 Å². The molecule has 0 aliphatic heterocycles. The number of carbonyl (C=O) groups is 1. The van der Waals surface area contributed by atoms with Crippen molar-refractivity contribution in [2.75, 3.05) is 11.1 Å². The zero-order valence-corrected chi connectivity index (χ0v) is 11.7. The lowest BCUT2D eigenvalue weighted by Crippen LogP contribution is -2.22. The van der Waals surface area contributed by atoms with Gasteiger partial charge in [0, 0.05) is 11.7 Å². The first kappa shape index (κ1) is 14.0. The summed E-state index contributed by atoms with van der Waals surface area (Å²) in [5.41, 5.74) is 12.5. The smallest absolute Gasteiger partial charge is 0.250 e. The maximum atomic E-state index is 11.5. The van der Waals surface area contributed by atoms with Crippen LogP contribution in [0.4, 0.5) is 11.4 Å². The highest BCUT2D eigenvalue weighted by Crippen LogP contribution is 2.31. The number of hydrogen-bond acceptors (Lipinski definition) is 3. The summed E-state index contributed by atoms with van der Waals surface area (Å²) in [5.74, 6) is -0.509. The first-order chi connectivity index (χ1) is 9.08. The van der Waals surface area contributed by atoms with E-state index >= 15 is 0 Å². The number of nitrogens with two attached hydrogens (primary N) is 2. The SMILES string of the molecule is NC(=O)c1cc(N)cc(Cl)c1NC1CCCCCC1. The number of nitrogen functional groups attached to an aromatic ring is 1. The van der Waals surface area contributed by atoms with Gasteiger partial charge < -0.3 is 16.8 Å². The molecule has 1 saturated carbocycles. The number of anilines is 2. The Morgan fingerprint density at radius 3 is 2.42 bits per heavy atom. The zero-order chi connectivity index (χ0) is 13.8. The molecule has 2 rings (SSSR count). The number of hydrogen-bond donors (Lipinski definition) is 3. The normalized spacial score (nSPS) is 16.9. The number of nitrogens with one attached hydrogen (secondary N) is 1. The summed E-state index contributed by atoms with van der Waals surface area (Å²) >= 11 is 6.19. The van der Waals surface area contributed by atoms with Crippen LogP contribution in [0.3, 0.4) is 0 Å². The molecule has 0 aromatic heterocycles. The van der Waals surface area contributed by atoms with E-state index in [9.17, 15) is 4.79 Å². The molecule has 1 fully saturated rings. The highest BCUT2D eigenvalue weighted by Gasteiger charge is 2.18. The number of carbonyl (C=O) groups excluding carboxylic acids is 1. The molecule has 1 amide bonds. The van der Waals surface area contributed by atoms with E-state index < -0.39 is 5.91 Å². The number of benzene rings is 1. The summed E-state index contributed by atoms with van der Waals surface area (Å²) in [6, 6.07) is 3.57. The fourth-order valence-electron chi connectivity index (χ4n) is 2.60. The average Bonchev–Trinajstić information content (AvgIpc) is 2.60. The maximum absolute atomic E-state index is 11.5. The summed E-state index contributed by atoms with van der Waals surface area (Å²) in [4.78, 5) is 11.5. The lowest BCUT2D eigenvalue weighted by molar-refractivity contribution is 0.100. The third-order valence-corrected chi connectivity index (χ3v) is 3.88. The summed E-state index contributed by atoms with van der Waals surface area (Å²) in [7, 11) is 0. The summed E-state index contributed by atoms with van der Waals surface area (Å²) < 4.78 is 0. The zero-order valence-electron chi connectivity index (χ0n) is 10.9. The molecule has 5 N–H and O–H groups in total. The molecule has 0 unspecified atom stereocenters. The van der Waals surface area contributed by atoms with Crippen LogP contribution in [0, 0.1) is 0 Å². The van der Waals surface area contributed by atoms with Crippen molar-refractivity contribution in [3.8, 4) is 0 Å². The average molecular weight is 282 g/mol. The van der Waals surface area contributed by atoms with Crippen molar-refractivity contribution in [1.82, 2.24) is 0 Å². The Hall–Kier alpha value is -1.42. The Labute approximate surface area is 118 Å². The van der Waals surface area contributed by atoms with Crippen LogP contribution in [0.5, 0.6) is 0 Å². The van der Waals surface area contributed by atoms with Crippen LogP contribution in [0.25, 0.3) is 0 Å². The Kier molecular flexibility index (Phi) is 4.53. The molecular formula is C14H20ClN3O. The molecule has 0 radical (unpaired) electrons. The van der Waals surface area contributed by atoms with Gasteiger partial charge in [-0.25, -0.2) is 0 Å². The molecule has 0 heterocycles. The second-order valence-electron chi connectivity index (χ2n) is 5.12. The van der Waals surface area contributed by atoms with Crippen LogP contribution in [0.2, 0.25) is 5.02 Å². The van der Waals surface area contributed by atoms with E-state index in [2.05, 4.69) is 5.32 Å². The van der Waals surface area contributed by atoms with Gasteiger partial charge in [0.15, 0.2) is 0 Å². The van der Waals surface area contributed by atoms with Crippen LogP contribution < -0.4 is 16.8 Å². The molecule has 0 saturated heterocycles. The second-order valence-corrected chi connectivity index (χ2v) is 5.53. The van der Waals surface area contributed by atoms with Crippen molar-refractivity contribution in [3.05, 3.63) is 22.7 Å². The van der Waals surface area contributed by atoms with E-state index in [-0.39, 0.29) is 0 Å². The van der Waals surface area contributed by atoms with Crippen molar-refractivity contribution < 1.29 is 4.79 Å². The van der Waals surface area contributed by atoms with Crippen LogP contribution in [0.15, 0.2) is 12.1 Å². The minimum Gasteiger partial charge on any atom is -0.399 e. The fraction of sp³-hybridized carbons (Fsp3) is 0.500. The van der Waals surface area contributed by atoms with E-state index in [1.807, 2.05) is 0 Å². The van der Waals surface area contributed by atoms with Crippen LogP contribution >= 0.6 is 11.6 Å². The third kappa shape index (κ3) is 3.53. The number of primary amides is 1. The van der Waals surface area contributed by atoms with Crippen molar-refractivity contribution in [2.24, 2.45) is 5.73 Å². The van der Waals surface area contributed by atoms with Crippen molar-refractivity contribution in [3.63, 3.8) is 0 Å². The van der Waals surface area contributed by atoms with Crippen LogP contribution in [-0.2, 0) is 0 Å². The third-order valence-electron chi connectivity index (χ3n) is 3.58. The number of amides is 1. The summed E-state index contributed by atoms with van der Waals surface area (Å²) in [5, 5.41) is 3.83. The van der Waals surface area contributed by atoms with Gasteiger partial charge in [-0.2, -0.15) is 0 Å². The van der Waals surface area contributed by atoms with Crippen LogP contribution in [-0.4, -0.2) is 11.9 Å². The van der Waals surface area contributed by atoms with Gasteiger partial charge in [-0.15, -0.1) is 0 Å².